The summed E-state index contributed by atoms with van der Waals surface area (Å²) >= 11 is 0. The summed E-state index contributed by atoms with van der Waals surface area (Å²) in [6, 6.07) is 0. The van der Waals surface area contributed by atoms with Crippen LogP contribution in [0.5, 0.6) is 0 Å². The molecule has 2 bridgehead atoms. The molecule has 3 saturated carbocycles. The van der Waals surface area contributed by atoms with Crippen LogP contribution in [0.4, 0.5) is 0 Å². The summed E-state index contributed by atoms with van der Waals surface area (Å²) in [5, 5.41) is 8.97. The fourth-order valence-corrected chi connectivity index (χ4v) is 4.64. The molecule has 3 aliphatic carbocycles. The Morgan fingerprint density at radius 2 is 1.86 bits per heavy atom. The van der Waals surface area contributed by atoms with Gasteiger partial charge in [-0.3, -0.25) is 9.59 Å². The van der Waals surface area contributed by atoms with Crippen LogP contribution in [0, 0.1) is 29.1 Å². The highest BCUT2D eigenvalue weighted by molar-refractivity contribution is 5.98. The van der Waals surface area contributed by atoms with Crippen LogP contribution in [0.1, 0.15) is 46.0 Å². The first-order valence-corrected chi connectivity index (χ1v) is 7.93. The molecule has 5 atom stereocenters. The van der Waals surface area contributed by atoms with E-state index in [9.17, 15) is 9.59 Å². The molecule has 0 spiro atoms. The summed E-state index contributed by atoms with van der Waals surface area (Å²) in [5.74, 6) is 1.20. The number of fused-ring (bicyclic) bond motifs is 5. The second-order valence-electron chi connectivity index (χ2n) is 7.34. The molecule has 5 unspecified atom stereocenters. The zero-order chi connectivity index (χ0) is 15.2. The monoisotopic (exact) mass is 296 g/mol. The van der Waals surface area contributed by atoms with Crippen molar-refractivity contribution in [2.45, 2.75) is 52.1 Å². The predicted octanol–water partition coefficient (Wildman–Crippen LogP) is 2.44. The molecule has 3 aliphatic rings. The van der Waals surface area contributed by atoms with Gasteiger partial charge in [-0.15, -0.1) is 0 Å². The second-order valence-corrected chi connectivity index (χ2v) is 7.34. The number of carbonyl (C=O) groups is 2. The maximum Gasteiger partial charge on any atom is 0.325 e. The number of carboxylic acids is 1. The zero-order valence-corrected chi connectivity index (χ0v) is 12.7. The number of ether oxygens (including phenoxy) is 2. The van der Waals surface area contributed by atoms with E-state index in [0.29, 0.717) is 5.92 Å². The average molecular weight is 296 g/mol. The molecule has 1 N–H and O–H groups in total. The summed E-state index contributed by atoms with van der Waals surface area (Å²) < 4.78 is 10.8. The van der Waals surface area contributed by atoms with Gasteiger partial charge in [-0.1, -0.05) is 6.42 Å². The molecule has 0 amide bonds. The van der Waals surface area contributed by atoms with E-state index in [4.69, 9.17) is 14.6 Å². The normalized spacial score (nSPS) is 37.5. The molecule has 0 aromatic rings. The topological polar surface area (TPSA) is 72.8 Å². The van der Waals surface area contributed by atoms with Crippen LogP contribution in [0.2, 0.25) is 0 Å². The summed E-state index contributed by atoms with van der Waals surface area (Å²) in [6.45, 7) is 2.57. The minimum absolute atomic E-state index is 0.124. The number of hydrogen-bond donors (Lipinski definition) is 1. The Morgan fingerprint density at radius 1 is 1.14 bits per heavy atom. The summed E-state index contributed by atoms with van der Waals surface area (Å²) in [6.07, 6.45) is 6.56. The van der Waals surface area contributed by atoms with Gasteiger partial charge >= 0.3 is 11.9 Å². The molecule has 0 radical (unpaired) electrons. The zero-order valence-electron chi connectivity index (χ0n) is 12.7. The van der Waals surface area contributed by atoms with Crippen LogP contribution < -0.4 is 0 Å². The van der Waals surface area contributed by atoms with E-state index in [1.54, 1.807) is 0 Å². The predicted molar refractivity (Wildman–Crippen MR) is 74.3 cm³/mol. The lowest BCUT2D eigenvalue weighted by Gasteiger charge is -2.31. The van der Waals surface area contributed by atoms with Gasteiger partial charge < -0.3 is 14.6 Å². The molecule has 118 valence electrons. The van der Waals surface area contributed by atoms with E-state index in [2.05, 4.69) is 0 Å². The van der Waals surface area contributed by atoms with Crippen LogP contribution in [-0.2, 0) is 19.1 Å². The van der Waals surface area contributed by atoms with Gasteiger partial charge in [0.2, 0.25) is 0 Å². The van der Waals surface area contributed by atoms with Gasteiger partial charge in [-0.2, -0.15) is 0 Å². The molecular formula is C16H24O5. The van der Waals surface area contributed by atoms with Crippen molar-refractivity contribution < 1.29 is 24.2 Å². The minimum Gasteiger partial charge on any atom is -0.480 e. The van der Waals surface area contributed by atoms with E-state index in [0.717, 1.165) is 24.2 Å². The standard InChI is InChI=1S/C16H24O5/c1-16(2,14(17)18)15(19)21-8-20-13-7-9-6-12(13)11-5-3-4-10(9)11/h9-13H,3-8H2,1-2H3,(H,17,18). The smallest absolute Gasteiger partial charge is 0.325 e. The Morgan fingerprint density at radius 3 is 2.57 bits per heavy atom. The maximum atomic E-state index is 11.7. The van der Waals surface area contributed by atoms with E-state index < -0.39 is 17.4 Å². The molecule has 3 fully saturated rings. The van der Waals surface area contributed by atoms with Crippen molar-refractivity contribution in [2.24, 2.45) is 29.1 Å². The number of esters is 1. The third-order valence-corrected chi connectivity index (χ3v) is 5.88. The third-order valence-electron chi connectivity index (χ3n) is 5.88. The van der Waals surface area contributed by atoms with Crippen molar-refractivity contribution in [3.63, 3.8) is 0 Å². The van der Waals surface area contributed by atoms with Crippen LogP contribution in [0.3, 0.4) is 0 Å². The van der Waals surface area contributed by atoms with Crippen LogP contribution in [-0.4, -0.2) is 29.9 Å². The lowest BCUT2D eigenvalue weighted by molar-refractivity contribution is -0.180. The maximum absolute atomic E-state index is 11.7. The number of hydrogen-bond acceptors (Lipinski definition) is 4. The van der Waals surface area contributed by atoms with E-state index in [1.165, 1.54) is 39.5 Å². The molecular weight excluding hydrogens is 272 g/mol. The SMILES string of the molecule is CC(C)(C(=O)O)C(=O)OCOC1CC2CC1C1CCCC21. The van der Waals surface area contributed by atoms with Gasteiger partial charge in [0.1, 0.15) is 0 Å². The molecule has 0 aromatic carbocycles. The molecule has 3 rings (SSSR count). The van der Waals surface area contributed by atoms with E-state index in [1.807, 2.05) is 0 Å². The van der Waals surface area contributed by atoms with Crippen LogP contribution in [0.25, 0.3) is 0 Å². The molecule has 21 heavy (non-hydrogen) atoms. The van der Waals surface area contributed by atoms with Crippen molar-refractivity contribution in [1.29, 1.82) is 0 Å². The van der Waals surface area contributed by atoms with Gasteiger partial charge in [-0.05, 0) is 63.2 Å². The Balaban J connectivity index is 1.47. The fourth-order valence-electron chi connectivity index (χ4n) is 4.64. The Labute approximate surface area is 125 Å². The Kier molecular flexibility index (Phi) is 3.72. The van der Waals surface area contributed by atoms with Gasteiger partial charge in [0.05, 0.1) is 6.10 Å². The minimum atomic E-state index is -1.52. The highest BCUT2D eigenvalue weighted by Crippen LogP contribution is 2.59. The highest BCUT2D eigenvalue weighted by Gasteiger charge is 2.54. The highest BCUT2D eigenvalue weighted by atomic mass is 16.7. The Hall–Kier alpha value is -1.10. The van der Waals surface area contributed by atoms with Crippen molar-refractivity contribution in [1.82, 2.24) is 0 Å². The van der Waals surface area contributed by atoms with E-state index >= 15 is 0 Å². The van der Waals surface area contributed by atoms with Crippen LogP contribution in [0.15, 0.2) is 0 Å². The van der Waals surface area contributed by atoms with Gasteiger partial charge in [0.25, 0.3) is 0 Å². The van der Waals surface area contributed by atoms with Gasteiger partial charge in [0, 0.05) is 0 Å². The number of rotatable bonds is 5. The second kappa shape index (κ2) is 5.27. The Bertz CT molecular complexity index is 444. The van der Waals surface area contributed by atoms with Crippen LogP contribution >= 0.6 is 0 Å². The number of aliphatic carboxylic acids is 1. The molecule has 5 nitrogen and oxygen atoms in total. The molecule has 0 aliphatic heterocycles. The van der Waals surface area contributed by atoms with Crippen molar-refractivity contribution in [2.75, 3.05) is 6.79 Å². The molecule has 0 aromatic heterocycles. The lowest BCUT2D eigenvalue weighted by Crippen LogP contribution is -2.36. The van der Waals surface area contributed by atoms with Gasteiger partial charge in [-0.25, -0.2) is 0 Å². The van der Waals surface area contributed by atoms with Crippen molar-refractivity contribution in [3.05, 3.63) is 0 Å². The number of carbonyl (C=O) groups excluding carboxylic acids is 1. The summed E-state index contributed by atoms with van der Waals surface area (Å²) in [7, 11) is 0. The quantitative estimate of drug-likeness (QED) is 0.479. The number of carboxylic acid groups (broad SMARTS) is 1. The lowest BCUT2D eigenvalue weighted by atomic mass is 9.80. The summed E-state index contributed by atoms with van der Waals surface area (Å²) in [4.78, 5) is 22.7. The fraction of sp³-hybridized carbons (Fsp3) is 0.875. The molecule has 0 saturated heterocycles. The largest absolute Gasteiger partial charge is 0.480 e. The molecule has 5 heteroatoms. The van der Waals surface area contributed by atoms with Crippen molar-refractivity contribution in [3.8, 4) is 0 Å². The first-order chi connectivity index (χ1) is 9.91. The van der Waals surface area contributed by atoms with Crippen molar-refractivity contribution >= 4 is 11.9 Å². The van der Waals surface area contributed by atoms with E-state index in [-0.39, 0.29) is 12.9 Å². The summed E-state index contributed by atoms with van der Waals surface area (Å²) in [5.41, 5.74) is -1.52. The van der Waals surface area contributed by atoms with Gasteiger partial charge in [0.15, 0.2) is 12.2 Å². The first kappa shape index (κ1) is 14.8. The average Bonchev–Trinajstić information content (AvgIpc) is 3.10. The third kappa shape index (κ3) is 2.45. The molecule has 0 heterocycles. The first-order valence-electron chi connectivity index (χ1n) is 7.93.